The summed E-state index contributed by atoms with van der Waals surface area (Å²) in [5.74, 6) is 0. The molecule has 1 aromatic heterocycles. The zero-order valence-corrected chi connectivity index (χ0v) is 53.3. The number of benzene rings is 9. The lowest BCUT2D eigenvalue weighted by Gasteiger charge is -2.46. The SMILES string of the molecule is Cc1cc(-c2cccc3c2-c2ccccc2C3(C)C)cc(C)c1N1c2ccc(C(C)(C)C)cc2B2c3cc4c5cc(C(C)(C)C)ccc5n(-c5c(C)cccc5C)c4cc3N(c3c(C)cc(C(C)(C)C)cc3C)c3cc(C(C)(C)C)cc1c32. The maximum atomic E-state index is 2.72. The van der Waals surface area contributed by atoms with Gasteiger partial charge in [-0.1, -0.05) is 194 Å². The van der Waals surface area contributed by atoms with Crippen LogP contribution in [0.25, 0.3) is 49.7 Å². The van der Waals surface area contributed by atoms with E-state index in [0.717, 1.165) is 0 Å². The summed E-state index contributed by atoms with van der Waals surface area (Å²) in [5.41, 5.74) is 35.9. The molecule has 0 fully saturated rings. The Kier molecular flexibility index (Phi) is 12.0. The van der Waals surface area contributed by atoms with E-state index in [1.54, 1.807) is 0 Å². The zero-order valence-electron chi connectivity index (χ0n) is 53.3. The van der Waals surface area contributed by atoms with E-state index in [4.69, 9.17) is 0 Å². The van der Waals surface area contributed by atoms with Crippen LogP contribution in [0.1, 0.15) is 164 Å². The second-order valence-corrected chi connectivity index (χ2v) is 29.9. The number of fused-ring (bicyclic) bond motifs is 10. The van der Waals surface area contributed by atoms with Gasteiger partial charge in [-0.2, -0.15) is 0 Å². The molecule has 3 nitrogen and oxygen atoms in total. The zero-order chi connectivity index (χ0) is 59.1. The Hall–Kier alpha value is -7.56. The minimum atomic E-state index is -0.176. The second kappa shape index (κ2) is 18.2. The van der Waals surface area contributed by atoms with Crippen molar-refractivity contribution in [3.63, 3.8) is 0 Å². The molecule has 13 rings (SSSR count). The molecule has 2 aliphatic heterocycles. The molecule has 0 amide bonds. The van der Waals surface area contributed by atoms with Gasteiger partial charge in [-0.25, -0.2) is 0 Å². The molecule has 0 saturated heterocycles. The normalized spacial score (nSPS) is 14.5. The minimum Gasteiger partial charge on any atom is -0.311 e. The molecule has 418 valence electrons. The Morgan fingerprint density at radius 3 is 1.45 bits per heavy atom. The van der Waals surface area contributed by atoms with Crippen molar-refractivity contribution in [2.45, 2.75) is 166 Å². The van der Waals surface area contributed by atoms with Crippen LogP contribution in [0.5, 0.6) is 0 Å². The number of aromatic nitrogens is 1. The van der Waals surface area contributed by atoms with Gasteiger partial charge in [0.2, 0.25) is 0 Å². The summed E-state index contributed by atoms with van der Waals surface area (Å²) in [6.07, 6.45) is 0. The molecule has 3 aliphatic rings. The first kappa shape index (κ1) is 54.7. The Bertz CT molecular complexity index is 4350. The summed E-state index contributed by atoms with van der Waals surface area (Å²) >= 11 is 0. The number of hydrogen-bond acceptors (Lipinski definition) is 2. The summed E-state index contributed by atoms with van der Waals surface area (Å²) < 4.78 is 2.60. The van der Waals surface area contributed by atoms with Crippen molar-refractivity contribution >= 4 is 79.0 Å². The maximum Gasteiger partial charge on any atom is 0.252 e. The van der Waals surface area contributed by atoms with Gasteiger partial charge >= 0.3 is 0 Å². The highest BCUT2D eigenvalue weighted by Gasteiger charge is 2.46. The monoisotopic (exact) mass is 1090 g/mol. The van der Waals surface area contributed by atoms with E-state index in [2.05, 4.69) is 298 Å². The van der Waals surface area contributed by atoms with Crippen LogP contribution in [0.3, 0.4) is 0 Å². The van der Waals surface area contributed by atoms with Crippen LogP contribution in [-0.4, -0.2) is 11.3 Å². The molecular weight excluding hydrogens is 1000 g/mol. The molecule has 0 bridgehead atoms. The molecular formula is C79H84BN3. The molecule has 0 unspecified atom stereocenters. The van der Waals surface area contributed by atoms with Gasteiger partial charge in [0.05, 0.1) is 28.1 Å². The van der Waals surface area contributed by atoms with E-state index in [9.17, 15) is 0 Å². The van der Waals surface area contributed by atoms with Crippen molar-refractivity contribution < 1.29 is 0 Å². The fourth-order valence-electron chi connectivity index (χ4n) is 15.0. The van der Waals surface area contributed by atoms with Crippen LogP contribution in [-0.2, 0) is 27.1 Å². The summed E-state index contributed by atoms with van der Waals surface area (Å²) in [6, 6.07) is 57.9. The number of nitrogens with zero attached hydrogens (tertiary/aromatic N) is 3. The van der Waals surface area contributed by atoms with Gasteiger partial charge in [-0.3, -0.25) is 0 Å². The molecule has 4 heteroatoms. The van der Waals surface area contributed by atoms with E-state index < -0.39 is 0 Å². The predicted molar refractivity (Wildman–Crippen MR) is 361 cm³/mol. The van der Waals surface area contributed by atoms with Gasteiger partial charge in [0, 0.05) is 38.9 Å². The van der Waals surface area contributed by atoms with Crippen molar-refractivity contribution in [1.29, 1.82) is 0 Å². The minimum absolute atomic E-state index is 0.0173. The van der Waals surface area contributed by atoms with Gasteiger partial charge in [0.1, 0.15) is 0 Å². The molecule has 3 heterocycles. The highest BCUT2D eigenvalue weighted by Crippen LogP contribution is 2.55. The van der Waals surface area contributed by atoms with E-state index in [0.29, 0.717) is 0 Å². The Labute approximate surface area is 496 Å². The number of para-hydroxylation sites is 1. The van der Waals surface area contributed by atoms with E-state index >= 15 is 0 Å². The molecule has 10 aromatic rings. The van der Waals surface area contributed by atoms with Gasteiger partial charge in [-0.05, 0) is 217 Å². The largest absolute Gasteiger partial charge is 0.311 e. The molecule has 0 saturated carbocycles. The smallest absolute Gasteiger partial charge is 0.252 e. The number of rotatable bonds is 4. The van der Waals surface area contributed by atoms with Crippen LogP contribution < -0.4 is 26.2 Å². The summed E-state index contributed by atoms with van der Waals surface area (Å²) in [6.45, 7) is 47.1. The molecule has 0 atom stereocenters. The van der Waals surface area contributed by atoms with E-state index in [1.165, 1.54) is 167 Å². The lowest BCUT2D eigenvalue weighted by atomic mass is 9.33. The maximum absolute atomic E-state index is 2.72. The van der Waals surface area contributed by atoms with E-state index in [-0.39, 0.29) is 33.8 Å². The lowest BCUT2D eigenvalue weighted by Crippen LogP contribution is -2.61. The molecule has 9 aromatic carbocycles. The van der Waals surface area contributed by atoms with Crippen molar-refractivity contribution in [2.75, 3.05) is 9.80 Å². The topological polar surface area (TPSA) is 11.4 Å². The Morgan fingerprint density at radius 2 is 0.843 bits per heavy atom. The fourth-order valence-corrected chi connectivity index (χ4v) is 15.0. The average Bonchev–Trinajstić information content (AvgIpc) is 1.56. The van der Waals surface area contributed by atoms with Crippen LogP contribution in [0.4, 0.5) is 34.1 Å². The summed E-state index contributed by atoms with van der Waals surface area (Å²) in [5, 5.41) is 2.58. The standard InChI is InChI=1S/C79H84BN3/c1-45-25-23-26-46(2)72(45)81-64-33-31-52(75(7,8)9)39-58(64)59-43-63-67(44-66(59)81)83(74-49(5)37-54(38-50(74)6)77(13,14)15)69-42-55(78(16,17)18)41-68-71(69)80(63)62-40-53(76(10,11)12)32-34-65(62)82(68)73-47(3)35-51(36-48(73)4)56-28-24-30-61-70(56)57-27-21-22-29-60(57)79(61,19)20/h21-44H,1-20H3. The van der Waals surface area contributed by atoms with Gasteiger partial charge in [0.25, 0.3) is 6.71 Å². The number of aryl methyl sites for hydroxylation is 6. The molecule has 0 spiro atoms. The molecule has 83 heavy (non-hydrogen) atoms. The second-order valence-electron chi connectivity index (χ2n) is 29.9. The van der Waals surface area contributed by atoms with Crippen molar-refractivity contribution in [2.24, 2.45) is 0 Å². The lowest BCUT2D eigenvalue weighted by molar-refractivity contribution is 0.589. The summed E-state index contributed by atoms with van der Waals surface area (Å²) in [7, 11) is 0. The first-order valence-electron chi connectivity index (χ1n) is 30.5. The quantitative estimate of drug-likeness (QED) is 0.163. The number of hydrogen-bond donors (Lipinski definition) is 0. The van der Waals surface area contributed by atoms with Gasteiger partial charge < -0.3 is 14.4 Å². The predicted octanol–water partition coefficient (Wildman–Crippen LogP) is 19.9. The molecule has 0 N–H and O–H groups in total. The molecule has 0 radical (unpaired) electrons. The van der Waals surface area contributed by atoms with Crippen molar-refractivity contribution in [3.05, 3.63) is 212 Å². The third-order valence-electron chi connectivity index (χ3n) is 19.4. The third-order valence-corrected chi connectivity index (χ3v) is 19.4. The van der Waals surface area contributed by atoms with Crippen molar-refractivity contribution in [1.82, 2.24) is 4.57 Å². The first-order valence-corrected chi connectivity index (χ1v) is 30.5. The summed E-state index contributed by atoms with van der Waals surface area (Å²) in [4.78, 5) is 5.42. The van der Waals surface area contributed by atoms with Crippen molar-refractivity contribution in [3.8, 4) is 27.9 Å². The highest BCUT2D eigenvalue weighted by molar-refractivity contribution is 7.00. The van der Waals surface area contributed by atoms with E-state index in [1.807, 2.05) is 0 Å². The third kappa shape index (κ3) is 8.26. The van der Waals surface area contributed by atoms with Gasteiger partial charge in [-0.15, -0.1) is 0 Å². The highest BCUT2D eigenvalue weighted by atomic mass is 15.2. The van der Waals surface area contributed by atoms with Crippen LogP contribution >= 0.6 is 0 Å². The molecule has 1 aliphatic carbocycles. The Morgan fingerprint density at radius 1 is 0.361 bits per heavy atom. The van der Waals surface area contributed by atoms with Crippen LogP contribution in [0, 0.1) is 41.5 Å². The number of anilines is 6. The van der Waals surface area contributed by atoms with Crippen LogP contribution in [0.2, 0.25) is 0 Å². The Balaban J connectivity index is 1.16. The van der Waals surface area contributed by atoms with Gasteiger partial charge in [0.15, 0.2) is 0 Å². The first-order chi connectivity index (χ1) is 38.9. The fraction of sp³-hybridized carbons (Fsp3) is 0.316. The average molecular weight is 1090 g/mol. The van der Waals surface area contributed by atoms with Crippen LogP contribution in [0.15, 0.2) is 146 Å².